The van der Waals surface area contributed by atoms with Crippen LogP contribution in [0.3, 0.4) is 0 Å². The normalized spacial score (nSPS) is 13.0. The van der Waals surface area contributed by atoms with E-state index >= 15 is 0 Å². The van der Waals surface area contributed by atoms with Crippen LogP contribution in [0.4, 0.5) is 4.39 Å². The average Bonchev–Trinajstić information content (AvgIpc) is 2.45. The summed E-state index contributed by atoms with van der Waals surface area (Å²) in [6.07, 6.45) is 1.61. The summed E-state index contributed by atoms with van der Waals surface area (Å²) in [4.78, 5) is 11.1. The van der Waals surface area contributed by atoms with Crippen LogP contribution in [0.15, 0.2) is 60.2 Å². The van der Waals surface area contributed by atoms with E-state index in [0.29, 0.717) is 10.6 Å². The van der Waals surface area contributed by atoms with E-state index in [2.05, 4.69) is 0 Å². The standard InChI is InChI=1S/C17H14ClFO2/c1-11(17(20)21)9-16(12-5-7-14(18)8-6-12)13-3-2-4-15(19)10-13/h2-10,16H,1H3,(H,20,21)/b11-9+. The molecule has 1 unspecified atom stereocenters. The molecule has 0 aliphatic rings. The molecule has 0 heterocycles. The maximum Gasteiger partial charge on any atom is 0.330 e. The Labute approximate surface area is 127 Å². The van der Waals surface area contributed by atoms with Crippen LogP contribution in [0.5, 0.6) is 0 Å². The van der Waals surface area contributed by atoms with Crippen molar-refractivity contribution in [1.29, 1.82) is 0 Å². The van der Waals surface area contributed by atoms with Crippen molar-refractivity contribution in [3.63, 3.8) is 0 Å². The number of hydrogen-bond donors (Lipinski definition) is 1. The lowest BCUT2D eigenvalue weighted by Gasteiger charge is -2.15. The molecule has 2 aromatic rings. The Morgan fingerprint density at radius 3 is 2.43 bits per heavy atom. The van der Waals surface area contributed by atoms with E-state index in [0.717, 1.165) is 5.56 Å². The Morgan fingerprint density at radius 1 is 1.19 bits per heavy atom. The van der Waals surface area contributed by atoms with E-state index in [1.165, 1.54) is 19.1 Å². The molecule has 0 aliphatic heterocycles. The van der Waals surface area contributed by atoms with Gasteiger partial charge in [0.25, 0.3) is 0 Å². The van der Waals surface area contributed by atoms with Crippen LogP contribution in [0.2, 0.25) is 5.02 Å². The maximum absolute atomic E-state index is 13.4. The molecule has 0 aliphatic carbocycles. The second-order valence-corrected chi connectivity index (χ2v) is 5.18. The smallest absolute Gasteiger partial charge is 0.330 e. The van der Waals surface area contributed by atoms with Crippen LogP contribution in [-0.2, 0) is 4.79 Å². The van der Waals surface area contributed by atoms with Gasteiger partial charge >= 0.3 is 5.97 Å². The Morgan fingerprint density at radius 2 is 1.86 bits per heavy atom. The van der Waals surface area contributed by atoms with Crippen molar-refractivity contribution in [2.75, 3.05) is 0 Å². The first-order chi connectivity index (χ1) is 9.97. The van der Waals surface area contributed by atoms with Crippen LogP contribution < -0.4 is 0 Å². The zero-order chi connectivity index (χ0) is 15.4. The number of hydrogen-bond acceptors (Lipinski definition) is 1. The molecule has 0 radical (unpaired) electrons. The van der Waals surface area contributed by atoms with E-state index in [4.69, 9.17) is 16.7 Å². The lowest BCUT2D eigenvalue weighted by atomic mass is 9.89. The third-order valence-corrected chi connectivity index (χ3v) is 3.44. The molecule has 0 amide bonds. The molecule has 0 saturated heterocycles. The van der Waals surface area contributed by atoms with Crippen molar-refractivity contribution in [1.82, 2.24) is 0 Å². The molecule has 2 aromatic carbocycles. The first kappa shape index (κ1) is 15.3. The molecule has 2 nitrogen and oxygen atoms in total. The van der Waals surface area contributed by atoms with Crippen molar-refractivity contribution in [2.45, 2.75) is 12.8 Å². The van der Waals surface area contributed by atoms with Gasteiger partial charge in [-0.1, -0.05) is 41.9 Å². The number of allylic oxidation sites excluding steroid dienone is 1. The highest BCUT2D eigenvalue weighted by molar-refractivity contribution is 6.30. The van der Waals surface area contributed by atoms with E-state index in [1.54, 1.807) is 30.3 Å². The number of halogens is 2. The monoisotopic (exact) mass is 304 g/mol. The van der Waals surface area contributed by atoms with Crippen molar-refractivity contribution in [3.05, 3.63) is 82.1 Å². The number of benzene rings is 2. The Balaban J connectivity index is 2.51. The van der Waals surface area contributed by atoms with Gasteiger partial charge in [-0.25, -0.2) is 9.18 Å². The first-order valence-electron chi connectivity index (χ1n) is 6.40. The fourth-order valence-corrected chi connectivity index (χ4v) is 2.20. The van der Waals surface area contributed by atoms with Gasteiger partial charge in [-0.2, -0.15) is 0 Å². The number of carboxylic acids is 1. The average molecular weight is 305 g/mol. The molecule has 0 spiro atoms. The third-order valence-electron chi connectivity index (χ3n) is 3.19. The highest BCUT2D eigenvalue weighted by atomic mass is 35.5. The van der Waals surface area contributed by atoms with Gasteiger partial charge in [0.2, 0.25) is 0 Å². The van der Waals surface area contributed by atoms with Crippen LogP contribution in [0, 0.1) is 5.82 Å². The molecule has 21 heavy (non-hydrogen) atoms. The van der Waals surface area contributed by atoms with Gasteiger partial charge in [-0.05, 0) is 42.3 Å². The number of carbonyl (C=O) groups is 1. The predicted octanol–water partition coefficient (Wildman–Crippen LogP) is 4.64. The molecular formula is C17H14ClFO2. The largest absolute Gasteiger partial charge is 0.478 e. The third kappa shape index (κ3) is 3.92. The van der Waals surface area contributed by atoms with Gasteiger partial charge in [0.05, 0.1) is 0 Å². The molecule has 1 atom stereocenters. The minimum absolute atomic E-state index is 0.208. The Kier molecular flexibility index (Phi) is 4.76. The summed E-state index contributed by atoms with van der Waals surface area (Å²) in [5, 5.41) is 9.65. The Bertz CT molecular complexity index is 677. The van der Waals surface area contributed by atoms with Gasteiger partial charge in [0.1, 0.15) is 5.82 Å². The molecule has 0 fully saturated rings. The fourth-order valence-electron chi connectivity index (χ4n) is 2.08. The summed E-state index contributed by atoms with van der Waals surface area (Å²) in [6, 6.07) is 13.2. The summed E-state index contributed by atoms with van der Waals surface area (Å²) in [6.45, 7) is 1.52. The molecular weight excluding hydrogens is 291 g/mol. The van der Waals surface area contributed by atoms with Crippen LogP contribution in [0.1, 0.15) is 24.0 Å². The topological polar surface area (TPSA) is 37.3 Å². The molecule has 1 N–H and O–H groups in total. The van der Waals surface area contributed by atoms with E-state index in [-0.39, 0.29) is 17.3 Å². The number of carboxylic acid groups (broad SMARTS) is 1. The summed E-state index contributed by atoms with van der Waals surface area (Å²) >= 11 is 5.87. The minimum Gasteiger partial charge on any atom is -0.478 e. The second-order valence-electron chi connectivity index (χ2n) is 4.74. The second kappa shape index (κ2) is 6.55. The van der Waals surface area contributed by atoms with Crippen molar-refractivity contribution in [3.8, 4) is 0 Å². The van der Waals surface area contributed by atoms with Crippen molar-refractivity contribution >= 4 is 17.6 Å². The fraction of sp³-hybridized carbons (Fsp3) is 0.118. The quantitative estimate of drug-likeness (QED) is 0.835. The van der Waals surface area contributed by atoms with E-state index < -0.39 is 5.97 Å². The van der Waals surface area contributed by atoms with Gasteiger partial charge < -0.3 is 5.11 Å². The SMILES string of the molecule is C/C(=C\C(c1ccc(Cl)cc1)c1cccc(F)c1)C(=O)O. The van der Waals surface area contributed by atoms with Crippen LogP contribution in [-0.4, -0.2) is 11.1 Å². The van der Waals surface area contributed by atoms with Gasteiger partial charge in [0.15, 0.2) is 0 Å². The minimum atomic E-state index is -0.995. The zero-order valence-corrected chi connectivity index (χ0v) is 12.1. The van der Waals surface area contributed by atoms with Gasteiger partial charge in [0, 0.05) is 16.5 Å². The summed E-state index contributed by atoms with van der Waals surface area (Å²) in [5.74, 6) is -1.69. The summed E-state index contributed by atoms with van der Waals surface area (Å²) < 4.78 is 13.4. The molecule has 0 aromatic heterocycles. The van der Waals surface area contributed by atoms with Gasteiger partial charge in [-0.15, -0.1) is 0 Å². The Hall–Kier alpha value is -2.13. The summed E-state index contributed by atoms with van der Waals surface area (Å²) in [5.41, 5.74) is 1.75. The lowest BCUT2D eigenvalue weighted by molar-refractivity contribution is -0.132. The van der Waals surface area contributed by atoms with E-state index in [1.807, 2.05) is 12.1 Å². The van der Waals surface area contributed by atoms with Crippen molar-refractivity contribution in [2.24, 2.45) is 0 Å². The zero-order valence-electron chi connectivity index (χ0n) is 11.4. The predicted molar refractivity (Wildman–Crippen MR) is 81.1 cm³/mol. The van der Waals surface area contributed by atoms with Crippen LogP contribution in [0.25, 0.3) is 0 Å². The molecule has 0 bridgehead atoms. The highest BCUT2D eigenvalue weighted by Crippen LogP contribution is 2.28. The first-order valence-corrected chi connectivity index (χ1v) is 6.78. The van der Waals surface area contributed by atoms with Gasteiger partial charge in [-0.3, -0.25) is 0 Å². The molecule has 4 heteroatoms. The molecule has 2 rings (SSSR count). The maximum atomic E-state index is 13.4. The molecule has 108 valence electrons. The van der Waals surface area contributed by atoms with Crippen molar-refractivity contribution < 1.29 is 14.3 Å². The highest BCUT2D eigenvalue weighted by Gasteiger charge is 2.14. The van der Waals surface area contributed by atoms with Crippen LogP contribution >= 0.6 is 11.6 Å². The lowest BCUT2D eigenvalue weighted by Crippen LogP contribution is -2.03. The summed E-state index contributed by atoms with van der Waals surface area (Å²) in [7, 11) is 0. The molecule has 0 saturated carbocycles. The number of aliphatic carboxylic acids is 1. The number of rotatable bonds is 4. The van der Waals surface area contributed by atoms with E-state index in [9.17, 15) is 9.18 Å².